The zero-order chi connectivity index (χ0) is 20.4. The molecule has 29 heavy (non-hydrogen) atoms. The number of rotatable bonds is 6. The second kappa shape index (κ2) is 7.78. The van der Waals surface area contributed by atoms with E-state index < -0.39 is 10.0 Å². The van der Waals surface area contributed by atoms with Crippen LogP contribution in [-0.4, -0.2) is 28.3 Å². The molecule has 0 unspecified atom stereocenters. The van der Waals surface area contributed by atoms with E-state index in [1.54, 1.807) is 10.9 Å². The lowest BCUT2D eigenvalue weighted by Gasteiger charge is -2.04. The van der Waals surface area contributed by atoms with Crippen LogP contribution in [0.15, 0.2) is 70.2 Å². The van der Waals surface area contributed by atoms with Gasteiger partial charge in [0.1, 0.15) is 0 Å². The van der Waals surface area contributed by atoms with Gasteiger partial charge in [0, 0.05) is 29.4 Å². The fraction of sp³-hybridized carbons (Fsp3) is 0.105. The first-order chi connectivity index (χ1) is 13.9. The van der Waals surface area contributed by atoms with Crippen LogP contribution in [0.1, 0.15) is 5.89 Å². The van der Waals surface area contributed by atoms with Crippen LogP contribution in [0, 0.1) is 0 Å². The van der Waals surface area contributed by atoms with Crippen LogP contribution in [0.5, 0.6) is 0 Å². The molecule has 4 rings (SSSR count). The van der Waals surface area contributed by atoms with Gasteiger partial charge in [-0.15, -0.1) is 0 Å². The number of benzene rings is 2. The van der Waals surface area contributed by atoms with Crippen molar-refractivity contribution in [2.45, 2.75) is 11.4 Å². The van der Waals surface area contributed by atoms with E-state index >= 15 is 0 Å². The molecule has 10 heteroatoms. The molecule has 0 fully saturated rings. The molecule has 0 saturated carbocycles. The molecule has 1 N–H and O–H groups in total. The number of hydrogen-bond acceptors (Lipinski definition) is 6. The monoisotopic (exact) mass is 429 g/mol. The molecule has 2 heterocycles. The summed E-state index contributed by atoms with van der Waals surface area (Å²) in [5.74, 6) is 0.526. The summed E-state index contributed by atoms with van der Waals surface area (Å²) in [7, 11) is -1.86. The largest absolute Gasteiger partial charge is 0.338 e. The van der Waals surface area contributed by atoms with Gasteiger partial charge in [0.15, 0.2) is 0 Å². The molecule has 2 aromatic carbocycles. The zero-order valence-electron chi connectivity index (χ0n) is 15.3. The van der Waals surface area contributed by atoms with Gasteiger partial charge in [-0.3, -0.25) is 4.68 Å². The van der Waals surface area contributed by atoms with Crippen LogP contribution in [0.2, 0.25) is 5.02 Å². The van der Waals surface area contributed by atoms with Crippen molar-refractivity contribution >= 4 is 21.6 Å². The van der Waals surface area contributed by atoms with E-state index in [2.05, 4.69) is 20.0 Å². The van der Waals surface area contributed by atoms with Crippen molar-refractivity contribution < 1.29 is 12.9 Å². The summed E-state index contributed by atoms with van der Waals surface area (Å²) in [5, 5.41) is 8.58. The van der Waals surface area contributed by atoms with Crippen LogP contribution in [0.25, 0.3) is 22.6 Å². The number of nitrogens with one attached hydrogen (secondary N) is 1. The zero-order valence-corrected chi connectivity index (χ0v) is 16.9. The van der Waals surface area contributed by atoms with E-state index in [9.17, 15) is 8.42 Å². The van der Waals surface area contributed by atoms with Crippen molar-refractivity contribution in [1.82, 2.24) is 24.6 Å². The van der Waals surface area contributed by atoms with Gasteiger partial charge >= 0.3 is 0 Å². The summed E-state index contributed by atoms with van der Waals surface area (Å²) in [5.41, 5.74) is 2.66. The molecule has 0 radical (unpaired) electrons. The van der Waals surface area contributed by atoms with E-state index in [1.165, 1.54) is 24.3 Å². The summed E-state index contributed by atoms with van der Waals surface area (Å²) in [4.78, 5) is 4.39. The molecule has 0 aliphatic heterocycles. The smallest absolute Gasteiger partial charge is 0.242 e. The lowest BCUT2D eigenvalue weighted by atomic mass is 10.1. The van der Waals surface area contributed by atoms with Crippen molar-refractivity contribution in [1.29, 1.82) is 0 Å². The Morgan fingerprint density at radius 1 is 1.10 bits per heavy atom. The average molecular weight is 430 g/mol. The standard InChI is InChI=1S/C19H16ClN5O3S/c1-25-17(9-10-21-25)13-3-2-4-14(11-13)19-23-18(28-24-19)12-22-29(26,27)16-7-5-15(20)6-8-16/h2-11,22H,12H2,1H3. The van der Waals surface area contributed by atoms with E-state index in [0.29, 0.717) is 10.8 Å². The Labute approximate surface area is 172 Å². The summed E-state index contributed by atoms with van der Waals surface area (Å²) in [6.07, 6.45) is 1.72. The van der Waals surface area contributed by atoms with E-state index in [1.807, 2.05) is 37.4 Å². The van der Waals surface area contributed by atoms with Gasteiger partial charge in [0.2, 0.25) is 21.7 Å². The molecular formula is C19H16ClN5O3S. The Hall–Kier alpha value is -3.01. The molecule has 148 valence electrons. The molecule has 0 bridgehead atoms. The molecular weight excluding hydrogens is 414 g/mol. The van der Waals surface area contributed by atoms with Crippen molar-refractivity contribution in [3.63, 3.8) is 0 Å². The van der Waals surface area contributed by atoms with Crippen LogP contribution < -0.4 is 4.72 Å². The van der Waals surface area contributed by atoms with E-state index in [-0.39, 0.29) is 17.3 Å². The maximum atomic E-state index is 12.3. The Balaban J connectivity index is 1.50. The Morgan fingerprint density at radius 3 is 2.59 bits per heavy atom. The van der Waals surface area contributed by atoms with Gasteiger partial charge in [0.05, 0.1) is 17.1 Å². The van der Waals surface area contributed by atoms with Crippen LogP contribution >= 0.6 is 11.6 Å². The van der Waals surface area contributed by atoms with Crippen molar-refractivity contribution in [2.75, 3.05) is 0 Å². The molecule has 0 atom stereocenters. The number of sulfonamides is 1. The highest BCUT2D eigenvalue weighted by molar-refractivity contribution is 7.89. The number of nitrogens with zero attached hydrogens (tertiary/aromatic N) is 4. The lowest BCUT2D eigenvalue weighted by molar-refractivity contribution is 0.376. The topological polar surface area (TPSA) is 103 Å². The molecule has 0 aliphatic rings. The predicted molar refractivity (Wildman–Crippen MR) is 107 cm³/mol. The fourth-order valence-electron chi connectivity index (χ4n) is 2.77. The molecule has 2 aromatic heterocycles. The first kappa shape index (κ1) is 19.3. The van der Waals surface area contributed by atoms with E-state index in [4.69, 9.17) is 16.1 Å². The highest BCUT2D eigenvalue weighted by Gasteiger charge is 2.16. The maximum absolute atomic E-state index is 12.3. The van der Waals surface area contributed by atoms with Gasteiger partial charge in [-0.05, 0) is 36.4 Å². The fourth-order valence-corrected chi connectivity index (χ4v) is 3.87. The first-order valence-corrected chi connectivity index (χ1v) is 10.5. The van der Waals surface area contributed by atoms with Gasteiger partial charge in [0.25, 0.3) is 0 Å². The quantitative estimate of drug-likeness (QED) is 0.504. The van der Waals surface area contributed by atoms with Gasteiger partial charge in [-0.25, -0.2) is 13.1 Å². The Morgan fingerprint density at radius 2 is 1.86 bits per heavy atom. The van der Waals surface area contributed by atoms with Crippen molar-refractivity contribution in [3.05, 3.63) is 71.7 Å². The van der Waals surface area contributed by atoms with Crippen molar-refractivity contribution in [3.8, 4) is 22.6 Å². The lowest BCUT2D eigenvalue weighted by Crippen LogP contribution is -2.23. The van der Waals surface area contributed by atoms with Crippen LogP contribution in [-0.2, 0) is 23.6 Å². The summed E-state index contributed by atoms with van der Waals surface area (Å²) in [6.45, 7) is -0.126. The summed E-state index contributed by atoms with van der Waals surface area (Å²) in [6, 6.07) is 15.4. The van der Waals surface area contributed by atoms with Gasteiger partial charge < -0.3 is 4.52 Å². The summed E-state index contributed by atoms with van der Waals surface area (Å²) >= 11 is 5.79. The third kappa shape index (κ3) is 4.21. The Bertz CT molecular complexity index is 1250. The molecule has 8 nitrogen and oxygen atoms in total. The predicted octanol–water partition coefficient (Wildman–Crippen LogP) is 3.27. The maximum Gasteiger partial charge on any atom is 0.242 e. The second-order valence-electron chi connectivity index (χ2n) is 6.21. The minimum atomic E-state index is -3.72. The van der Waals surface area contributed by atoms with Crippen LogP contribution in [0.4, 0.5) is 0 Å². The summed E-state index contributed by atoms with van der Waals surface area (Å²) < 4.78 is 34.1. The highest BCUT2D eigenvalue weighted by atomic mass is 35.5. The molecule has 4 aromatic rings. The Kier molecular flexibility index (Phi) is 5.18. The normalized spacial score (nSPS) is 11.7. The van der Waals surface area contributed by atoms with Gasteiger partial charge in [-0.1, -0.05) is 35.0 Å². The van der Waals surface area contributed by atoms with Gasteiger partial charge in [-0.2, -0.15) is 10.1 Å². The number of hydrogen-bond donors (Lipinski definition) is 1. The molecule has 0 aliphatic carbocycles. The number of halogens is 1. The average Bonchev–Trinajstić information content (AvgIpc) is 3.36. The molecule has 0 spiro atoms. The third-order valence-corrected chi connectivity index (χ3v) is 5.91. The highest BCUT2D eigenvalue weighted by Crippen LogP contribution is 2.24. The van der Waals surface area contributed by atoms with Crippen LogP contribution in [0.3, 0.4) is 0 Å². The minimum Gasteiger partial charge on any atom is -0.338 e. The SMILES string of the molecule is Cn1nccc1-c1cccc(-c2noc(CNS(=O)(=O)c3ccc(Cl)cc3)n2)c1. The molecule has 0 saturated heterocycles. The first-order valence-electron chi connectivity index (χ1n) is 8.59. The van der Waals surface area contributed by atoms with Crippen molar-refractivity contribution in [2.24, 2.45) is 7.05 Å². The third-order valence-electron chi connectivity index (χ3n) is 4.24. The van der Waals surface area contributed by atoms with E-state index in [0.717, 1.165) is 16.8 Å². The molecule has 0 amide bonds. The number of aryl methyl sites for hydroxylation is 1. The minimum absolute atomic E-state index is 0.102. The second-order valence-corrected chi connectivity index (χ2v) is 8.41. The number of aromatic nitrogens is 4.